The Bertz CT molecular complexity index is 1300. The molecule has 0 atom stereocenters. The average Bonchev–Trinajstić information content (AvgIpc) is 3.77. The van der Waals surface area contributed by atoms with Crippen LogP contribution in [0.15, 0.2) is 24.3 Å². The molecule has 0 bridgehead atoms. The molecule has 4 heteroatoms. The van der Waals surface area contributed by atoms with Crippen molar-refractivity contribution in [3.05, 3.63) is 45.1 Å². The SMILES string of the molecule is CCCCCCCCCCCCc1cc(-c2cc(CCCCCCCCCCCC)c(-c3cc4cc(C)sc4s3)s2)sc1C. The zero-order chi connectivity index (χ0) is 31.0. The van der Waals surface area contributed by atoms with Crippen LogP contribution in [-0.4, -0.2) is 0 Å². The molecule has 4 rings (SSSR count). The Morgan fingerprint density at radius 2 is 0.909 bits per heavy atom. The van der Waals surface area contributed by atoms with Crippen LogP contribution in [0.3, 0.4) is 0 Å². The Morgan fingerprint density at radius 3 is 1.45 bits per heavy atom. The first-order valence-corrected chi connectivity index (χ1v) is 21.6. The summed E-state index contributed by atoms with van der Waals surface area (Å²) in [5.74, 6) is 0. The second-order valence-corrected chi connectivity index (χ2v) is 18.1. The summed E-state index contributed by atoms with van der Waals surface area (Å²) < 4.78 is 1.49. The number of unbranched alkanes of at least 4 members (excludes halogenated alkanes) is 18. The first-order chi connectivity index (χ1) is 21.6. The van der Waals surface area contributed by atoms with E-state index in [2.05, 4.69) is 63.3 Å². The molecule has 0 aliphatic rings. The van der Waals surface area contributed by atoms with Gasteiger partial charge in [-0.3, -0.25) is 0 Å². The molecule has 0 saturated carbocycles. The van der Waals surface area contributed by atoms with Crippen molar-refractivity contribution in [2.24, 2.45) is 0 Å². The van der Waals surface area contributed by atoms with Gasteiger partial charge in [0.1, 0.15) is 0 Å². The molecule has 0 amide bonds. The van der Waals surface area contributed by atoms with Crippen molar-refractivity contribution in [3.63, 3.8) is 0 Å². The number of fused-ring (bicyclic) bond motifs is 1. The van der Waals surface area contributed by atoms with Crippen LogP contribution in [0, 0.1) is 13.8 Å². The van der Waals surface area contributed by atoms with Crippen LogP contribution in [0.2, 0.25) is 0 Å². The number of aryl methyl sites for hydroxylation is 4. The van der Waals surface area contributed by atoms with Crippen LogP contribution < -0.4 is 0 Å². The van der Waals surface area contributed by atoms with Gasteiger partial charge in [-0.05, 0) is 74.9 Å². The Morgan fingerprint density at radius 1 is 0.432 bits per heavy atom. The van der Waals surface area contributed by atoms with Gasteiger partial charge in [-0.15, -0.1) is 45.3 Å². The maximum absolute atomic E-state index is 2.57. The van der Waals surface area contributed by atoms with Crippen LogP contribution >= 0.6 is 45.3 Å². The normalized spacial score (nSPS) is 11.8. The summed E-state index contributed by atoms with van der Waals surface area (Å²) in [6, 6.07) is 9.96. The minimum absolute atomic E-state index is 1.22. The van der Waals surface area contributed by atoms with E-state index in [0.29, 0.717) is 0 Å². The van der Waals surface area contributed by atoms with Crippen LogP contribution in [0.4, 0.5) is 0 Å². The highest BCUT2D eigenvalue weighted by Gasteiger charge is 2.17. The van der Waals surface area contributed by atoms with Gasteiger partial charge >= 0.3 is 0 Å². The average molecular weight is 669 g/mol. The van der Waals surface area contributed by atoms with Gasteiger partial charge in [0, 0.05) is 34.6 Å². The minimum Gasteiger partial charge on any atom is -0.139 e. The molecule has 0 aromatic carbocycles. The Kier molecular flexibility index (Phi) is 16.6. The maximum atomic E-state index is 2.57. The third-order valence-corrected chi connectivity index (χ3v) is 14.2. The number of hydrogen-bond acceptors (Lipinski definition) is 4. The quantitative estimate of drug-likeness (QED) is 0.0652. The van der Waals surface area contributed by atoms with Gasteiger partial charge < -0.3 is 0 Å². The van der Waals surface area contributed by atoms with Crippen molar-refractivity contribution in [2.75, 3.05) is 0 Å². The molecule has 0 aliphatic heterocycles. The molecular formula is C40H60S4. The fourth-order valence-corrected chi connectivity index (χ4v) is 11.4. The molecule has 0 saturated heterocycles. The van der Waals surface area contributed by atoms with Crippen LogP contribution in [0.25, 0.3) is 28.9 Å². The standard InChI is InChI=1S/C40H60S4/c1-5-7-9-11-13-15-17-19-21-23-25-33-28-36(42-32(33)4)37-29-34(26-24-22-20-18-16-14-12-10-8-6-2)39(43-37)38-30-35-27-31(3)41-40(35)44-38/h27-30H,5-26H2,1-4H3. The Hall–Kier alpha value is -0.940. The largest absolute Gasteiger partial charge is 0.139 e. The molecule has 0 fully saturated rings. The van der Waals surface area contributed by atoms with Crippen LogP contribution in [-0.2, 0) is 12.8 Å². The molecule has 4 aromatic heterocycles. The minimum atomic E-state index is 1.22. The van der Waals surface area contributed by atoms with Gasteiger partial charge in [0.25, 0.3) is 0 Å². The number of rotatable bonds is 24. The lowest BCUT2D eigenvalue weighted by atomic mass is 10.0. The van der Waals surface area contributed by atoms with Gasteiger partial charge in [0.05, 0.1) is 4.01 Å². The van der Waals surface area contributed by atoms with Crippen molar-refractivity contribution >= 4 is 54.7 Å². The summed E-state index contributed by atoms with van der Waals surface area (Å²) >= 11 is 8.07. The predicted molar refractivity (Wildman–Crippen MR) is 207 cm³/mol. The zero-order valence-electron chi connectivity index (χ0n) is 28.5. The van der Waals surface area contributed by atoms with E-state index in [0.717, 1.165) is 0 Å². The van der Waals surface area contributed by atoms with Crippen LogP contribution in [0.1, 0.15) is 163 Å². The monoisotopic (exact) mass is 668 g/mol. The highest BCUT2D eigenvalue weighted by molar-refractivity contribution is 7.40. The lowest BCUT2D eigenvalue weighted by Crippen LogP contribution is -1.87. The second-order valence-electron chi connectivity index (χ2n) is 13.2. The molecule has 0 unspecified atom stereocenters. The zero-order valence-corrected chi connectivity index (χ0v) is 31.8. The molecular weight excluding hydrogens is 609 g/mol. The first kappa shape index (κ1) is 35.9. The van der Waals surface area contributed by atoms with Gasteiger partial charge in [-0.2, -0.15) is 0 Å². The van der Waals surface area contributed by atoms with Crippen molar-refractivity contribution in [1.29, 1.82) is 0 Å². The van der Waals surface area contributed by atoms with Gasteiger partial charge in [0.15, 0.2) is 0 Å². The summed E-state index contributed by atoms with van der Waals surface area (Å²) in [5.41, 5.74) is 3.19. The molecule has 4 heterocycles. The molecule has 0 aliphatic carbocycles. The number of hydrogen-bond donors (Lipinski definition) is 0. The molecule has 4 aromatic rings. The van der Waals surface area contributed by atoms with E-state index in [4.69, 9.17) is 0 Å². The summed E-state index contributed by atoms with van der Waals surface area (Å²) in [5, 5.41) is 1.44. The third kappa shape index (κ3) is 11.7. The second kappa shape index (κ2) is 20.3. The molecule has 244 valence electrons. The van der Waals surface area contributed by atoms with Crippen molar-refractivity contribution in [3.8, 4) is 19.5 Å². The van der Waals surface area contributed by atoms with Crippen LogP contribution in [0.5, 0.6) is 0 Å². The maximum Gasteiger partial charge on any atom is 0.0874 e. The summed E-state index contributed by atoms with van der Waals surface area (Å²) in [4.78, 5) is 9.00. The first-order valence-electron chi connectivity index (χ1n) is 18.3. The highest BCUT2D eigenvalue weighted by Crippen LogP contribution is 2.46. The summed E-state index contributed by atoms with van der Waals surface area (Å²) in [7, 11) is 0. The van der Waals surface area contributed by atoms with Crippen molar-refractivity contribution < 1.29 is 0 Å². The molecule has 0 radical (unpaired) electrons. The fourth-order valence-electron chi connectivity index (χ4n) is 6.51. The summed E-state index contributed by atoms with van der Waals surface area (Å²) in [6.07, 6.45) is 30.6. The van der Waals surface area contributed by atoms with Gasteiger partial charge in [0.2, 0.25) is 0 Å². The van der Waals surface area contributed by atoms with E-state index in [9.17, 15) is 0 Å². The fraction of sp³-hybridized carbons (Fsp3) is 0.650. The lowest BCUT2D eigenvalue weighted by molar-refractivity contribution is 0.556. The van der Waals surface area contributed by atoms with Gasteiger partial charge in [-0.1, -0.05) is 129 Å². The molecule has 0 spiro atoms. The Labute approximate surface area is 286 Å². The third-order valence-electron chi connectivity index (χ3n) is 9.23. The van der Waals surface area contributed by atoms with E-state index in [-0.39, 0.29) is 0 Å². The molecule has 0 N–H and O–H groups in total. The Balaban J connectivity index is 1.31. The highest BCUT2D eigenvalue weighted by atomic mass is 32.2. The summed E-state index contributed by atoms with van der Waals surface area (Å²) in [6.45, 7) is 9.21. The van der Waals surface area contributed by atoms with E-state index in [1.165, 1.54) is 175 Å². The van der Waals surface area contributed by atoms with Gasteiger partial charge in [-0.25, -0.2) is 0 Å². The van der Waals surface area contributed by atoms with E-state index in [1.54, 1.807) is 16.0 Å². The van der Waals surface area contributed by atoms with E-state index < -0.39 is 0 Å². The molecule has 44 heavy (non-hydrogen) atoms. The lowest BCUT2D eigenvalue weighted by Gasteiger charge is -2.04. The van der Waals surface area contributed by atoms with Crippen molar-refractivity contribution in [1.82, 2.24) is 0 Å². The van der Waals surface area contributed by atoms with Crippen molar-refractivity contribution in [2.45, 2.75) is 169 Å². The van der Waals surface area contributed by atoms with E-state index >= 15 is 0 Å². The topological polar surface area (TPSA) is 0 Å². The smallest absolute Gasteiger partial charge is 0.0874 e. The molecule has 0 nitrogen and oxygen atoms in total. The number of thiophene rings is 4. The van der Waals surface area contributed by atoms with E-state index in [1.807, 2.05) is 34.0 Å². The predicted octanol–water partition coefficient (Wildman–Crippen LogP) is 16.0.